The summed E-state index contributed by atoms with van der Waals surface area (Å²) in [6.45, 7) is 0. The summed E-state index contributed by atoms with van der Waals surface area (Å²) < 4.78 is 4.86. The minimum absolute atomic E-state index is 0. The van der Waals surface area contributed by atoms with E-state index in [1.54, 1.807) is 0 Å². The Hall–Kier alpha value is -0.580. The minimum Gasteiger partial charge on any atom is -0.493 e. The number of methoxy groups -OCH3 is 1. The smallest absolute Gasteiger partial charge is 0.162 e. The summed E-state index contributed by atoms with van der Waals surface area (Å²) in [4.78, 5) is 3.79. The second kappa shape index (κ2) is 8.04. The highest BCUT2D eigenvalue weighted by molar-refractivity contribution is 5.86. The Morgan fingerprint density at radius 1 is 1.15 bits per heavy atom. The van der Waals surface area contributed by atoms with Crippen LogP contribution in [0.2, 0.25) is 0 Å². The molecule has 78 valence electrons. The molecule has 0 aliphatic carbocycles. The third-order valence-electron chi connectivity index (χ3n) is 1.20. The van der Waals surface area contributed by atoms with Crippen molar-refractivity contribution in [2.75, 3.05) is 18.6 Å². The van der Waals surface area contributed by atoms with Crippen LogP contribution in [0.25, 0.3) is 0 Å². The maximum absolute atomic E-state index is 5.50. The number of nitrogens with zero attached hydrogens (tertiary/aromatic N) is 1. The van der Waals surface area contributed by atoms with Gasteiger partial charge >= 0.3 is 0 Å². The highest BCUT2D eigenvalue weighted by Gasteiger charge is 2.00. The van der Waals surface area contributed by atoms with Crippen molar-refractivity contribution in [2.45, 2.75) is 0 Å². The van der Waals surface area contributed by atoms with Gasteiger partial charge in [0.1, 0.15) is 5.69 Å². The average Bonchev–Trinajstić information content (AvgIpc) is 1.95. The molecular weight excluding hydrogens is 236 g/mol. The fourth-order valence-electron chi connectivity index (χ4n) is 0.629. The highest BCUT2D eigenvalue weighted by Crippen LogP contribution is 2.24. The molecule has 13 heavy (non-hydrogen) atoms. The van der Waals surface area contributed by atoms with Gasteiger partial charge in [-0.2, -0.15) is 0 Å². The van der Waals surface area contributed by atoms with Crippen LogP contribution in [0.4, 0.5) is 11.4 Å². The predicted octanol–water partition coefficient (Wildman–Crippen LogP) is 1.52. The molecule has 0 saturated heterocycles. The van der Waals surface area contributed by atoms with E-state index in [0.29, 0.717) is 17.1 Å². The first-order valence-corrected chi connectivity index (χ1v) is 2.78. The molecule has 1 aromatic heterocycles. The molecule has 4 nitrogen and oxygen atoms in total. The zero-order valence-corrected chi connectivity index (χ0v) is 9.34. The van der Waals surface area contributed by atoms with Crippen LogP contribution in [0.15, 0.2) is 12.4 Å². The van der Waals surface area contributed by atoms with Gasteiger partial charge in [-0.3, -0.25) is 4.98 Å². The van der Waals surface area contributed by atoms with Crippen LogP contribution in [-0.2, 0) is 0 Å². The van der Waals surface area contributed by atoms with Crippen molar-refractivity contribution in [1.82, 2.24) is 4.98 Å². The number of anilines is 2. The van der Waals surface area contributed by atoms with Crippen LogP contribution in [0.1, 0.15) is 0 Å². The highest BCUT2D eigenvalue weighted by atomic mass is 35.5. The van der Waals surface area contributed by atoms with Crippen molar-refractivity contribution in [2.24, 2.45) is 0 Å². The zero-order chi connectivity index (χ0) is 7.56. The lowest BCUT2D eigenvalue weighted by Crippen LogP contribution is -1.98. The van der Waals surface area contributed by atoms with Crippen LogP contribution in [0, 0.1) is 0 Å². The molecule has 0 radical (unpaired) electrons. The van der Waals surface area contributed by atoms with E-state index in [1.807, 2.05) is 0 Å². The molecule has 0 unspecified atom stereocenters. The minimum atomic E-state index is 0. The van der Waals surface area contributed by atoms with E-state index in [0.717, 1.165) is 0 Å². The van der Waals surface area contributed by atoms with Crippen molar-refractivity contribution in [3.05, 3.63) is 12.4 Å². The molecule has 0 aromatic carbocycles. The van der Waals surface area contributed by atoms with Crippen molar-refractivity contribution in [3.63, 3.8) is 0 Å². The van der Waals surface area contributed by atoms with Crippen LogP contribution < -0.4 is 16.2 Å². The SMILES string of the molecule is COc1cncc(N)c1N.Cl.Cl.Cl. The van der Waals surface area contributed by atoms with Gasteiger partial charge in [-0.1, -0.05) is 0 Å². The van der Waals surface area contributed by atoms with Crippen LogP contribution in [-0.4, -0.2) is 12.1 Å². The van der Waals surface area contributed by atoms with Crippen molar-refractivity contribution >= 4 is 48.6 Å². The fraction of sp³-hybridized carbons (Fsp3) is 0.167. The molecule has 1 rings (SSSR count). The van der Waals surface area contributed by atoms with E-state index in [2.05, 4.69) is 4.98 Å². The Kier molecular flexibility index (Phi) is 11.3. The quantitative estimate of drug-likeness (QED) is 0.790. The van der Waals surface area contributed by atoms with Gasteiger partial charge in [0, 0.05) is 0 Å². The fourth-order valence-corrected chi connectivity index (χ4v) is 0.629. The Morgan fingerprint density at radius 2 is 1.69 bits per heavy atom. The topological polar surface area (TPSA) is 74.2 Å². The first kappa shape index (κ1) is 18.3. The number of pyridine rings is 1. The molecule has 4 N–H and O–H groups in total. The number of ether oxygens (including phenoxy) is 1. The number of rotatable bonds is 1. The van der Waals surface area contributed by atoms with Crippen molar-refractivity contribution in [1.29, 1.82) is 0 Å². The summed E-state index contributed by atoms with van der Waals surface area (Å²) in [5.74, 6) is 0.514. The van der Waals surface area contributed by atoms with Crippen LogP contribution >= 0.6 is 37.2 Å². The van der Waals surface area contributed by atoms with E-state index < -0.39 is 0 Å². The van der Waals surface area contributed by atoms with Gasteiger partial charge in [0.2, 0.25) is 0 Å². The van der Waals surface area contributed by atoms with Gasteiger partial charge < -0.3 is 16.2 Å². The molecule has 0 spiro atoms. The lowest BCUT2D eigenvalue weighted by Gasteiger charge is -2.03. The first-order valence-electron chi connectivity index (χ1n) is 2.78. The number of halogens is 3. The van der Waals surface area contributed by atoms with Gasteiger partial charge in [0.15, 0.2) is 5.75 Å². The summed E-state index contributed by atoms with van der Waals surface area (Å²) in [5, 5.41) is 0. The second-order valence-corrected chi connectivity index (χ2v) is 1.84. The molecule has 1 heterocycles. The Labute approximate surface area is 95.3 Å². The molecule has 0 amide bonds. The zero-order valence-electron chi connectivity index (χ0n) is 6.89. The van der Waals surface area contributed by atoms with E-state index in [4.69, 9.17) is 16.2 Å². The number of nitrogens with two attached hydrogens (primary N) is 2. The number of hydrogen-bond acceptors (Lipinski definition) is 4. The van der Waals surface area contributed by atoms with Gasteiger partial charge in [0.05, 0.1) is 25.2 Å². The molecule has 0 atom stereocenters. The van der Waals surface area contributed by atoms with Crippen molar-refractivity contribution < 1.29 is 4.74 Å². The summed E-state index contributed by atoms with van der Waals surface area (Å²) in [5.41, 5.74) is 11.8. The summed E-state index contributed by atoms with van der Waals surface area (Å²) in [7, 11) is 1.52. The van der Waals surface area contributed by atoms with Crippen LogP contribution in [0.5, 0.6) is 5.75 Å². The summed E-state index contributed by atoms with van der Waals surface area (Å²) in [6.07, 6.45) is 3.00. The third-order valence-corrected chi connectivity index (χ3v) is 1.20. The molecule has 0 aliphatic rings. The van der Waals surface area contributed by atoms with Gasteiger partial charge in [-0.05, 0) is 0 Å². The molecule has 0 aliphatic heterocycles. The first-order chi connectivity index (χ1) is 4.75. The summed E-state index contributed by atoms with van der Waals surface area (Å²) in [6, 6.07) is 0. The number of aromatic nitrogens is 1. The maximum Gasteiger partial charge on any atom is 0.162 e. The number of hydrogen-bond donors (Lipinski definition) is 2. The second-order valence-electron chi connectivity index (χ2n) is 1.84. The predicted molar refractivity (Wildman–Crippen MR) is 61.4 cm³/mol. The molecule has 1 aromatic rings. The standard InChI is InChI=1S/C6H9N3O.3ClH/c1-10-5-3-9-2-4(7)6(5)8;;;/h2-3H,7H2,1H3,(H2,8,9);3*1H. The average molecular weight is 249 g/mol. The Balaban J connectivity index is -0.000000333. The lowest BCUT2D eigenvalue weighted by atomic mass is 10.3. The molecular formula is C6H12Cl3N3O. The van der Waals surface area contributed by atoms with E-state index in [-0.39, 0.29) is 37.2 Å². The lowest BCUT2D eigenvalue weighted by molar-refractivity contribution is 0.415. The largest absolute Gasteiger partial charge is 0.493 e. The normalized spacial score (nSPS) is 7.15. The van der Waals surface area contributed by atoms with Gasteiger partial charge in [0.25, 0.3) is 0 Å². The maximum atomic E-state index is 5.50. The van der Waals surface area contributed by atoms with Gasteiger partial charge in [-0.15, -0.1) is 37.2 Å². The van der Waals surface area contributed by atoms with Crippen LogP contribution in [0.3, 0.4) is 0 Å². The van der Waals surface area contributed by atoms with Crippen molar-refractivity contribution in [3.8, 4) is 5.75 Å². The summed E-state index contributed by atoms with van der Waals surface area (Å²) >= 11 is 0. The Bertz CT molecular complexity index is 247. The number of nitrogen functional groups attached to an aromatic ring is 2. The molecule has 0 saturated carbocycles. The van der Waals surface area contributed by atoms with Gasteiger partial charge in [-0.25, -0.2) is 0 Å². The molecule has 0 bridgehead atoms. The molecule has 0 fully saturated rings. The molecule has 7 heteroatoms. The Morgan fingerprint density at radius 3 is 2.08 bits per heavy atom. The van der Waals surface area contributed by atoms with E-state index in [9.17, 15) is 0 Å². The third kappa shape index (κ3) is 4.26. The monoisotopic (exact) mass is 247 g/mol. The van der Waals surface area contributed by atoms with E-state index in [1.165, 1.54) is 19.5 Å². The van der Waals surface area contributed by atoms with E-state index >= 15 is 0 Å².